The molecule has 6 nitrogen and oxygen atoms in total. The second-order valence-electron chi connectivity index (χ2n) is 5.49. The van der Waals surface area contributed by atoms with Crippen molar-refractivity contribution in [3.63, 3.8) is 0 Å². The van der Waals surface area contributed by atoms with Gasteiger partial charge in [-0.25, -0.2) is 0 Å². The van der Waals surface area contributed by atoms with E-state index in [1.807, 2.05) is 16.9 Å². The van der Waals surface area contributed by atoms with Crippen molar-refractivity contribution in [2.75, 3.05) is 26.2 Å². The molecule has 1 unspecified atom stereocenters. The molecule has 2 heterocycles. The zero-order valence-electron chi connectivity index (χ0n) is 11.0. The fourth-order valence-corrected chi connectivity index (χ4v) is 2.43. The topological polar surface area (TPSA) is 68.2 Å². The lowest BCUT2D eigenvalue weighted by atomic mass is 10.1. The molecule has 0 radical (unpaired) electrons. The van der Waals surface area contributed by atoms with Gasteiger partial charge in [-0.05, 0) is 18.9 Å². The first-order valence-electron chi connectivity index (χ1n) is 6.85. The van der Waals surface area contributed by atoms with Crippen LogP contribution in [0.25, 0.3) is 0 Å². The van der Waals surface area contributed by atoms with Gasteiger partial charge in [-0.1, -0.05) is 0 Å². The van der Waals surface area contributed by atoms with Crippen LogP contribution in [0.3, 0.4) is 0 Å². The van der Waals surface area contributed by atoms with E-state index >= 15 is 0 Å². The molecule has 1 saturated heterocycles. The summed E-state index contributed by atoms with van der Waals surface area (Å²) in [6, 6.07) is 1.93. The molecule has 1 aromatic rings. The number of carbonyl (C=O) groups is 1. The van der Waals surface area contributed by atoms with Crippen LogP contribution in [0, 0.1) is 5.41 Å². The van der Waals surface area contributed by atoms with Gasteiger partial charge in [-0.2, -0.15) is 5.10 Å². The van der Waals surface area contributed by atoms with Crippen LogP contribution >= 0.6 is 0 Å². The highest BCUT2D eigenvalue weighted by Crippen LogP contribution is 2.46. The third-order valence-electron chi connectivity index (χ3n) is 3.87. The van der Waals surface area contributed by atoms with E-state index in [9.17, 15) is 4.79 Å². The van der Waals surface area contributed by atoms with E-state index < -0.39 is 0 Å². The number of morpholine rings is 1. The highest BCUT2D eigenvalue weighted by molar-refractivity contribution is 5.81. The average molecular weight is 264 g/mol. The molecule has 6 heteroatoms. The second-order valence-corrected chi connectivity index (χ2v) is 5.49. The molecule has 104 valence electrons. The van der Waals surface area contributed by atoms with Crippen molar-refractivity contribution in [1.29, 1.82) is 0 Å². The zero-order valence-corrected chi connectivity index (χ0v) is 11.0. The van der Waals surface area contributed by atoms with Crippen LogP contribution < -0.4 is 10.6 Å². The van der Waals surface area contributed by atoms with Crippen molar-refractivity contribution < 1.29 is 9.53 Å². The minimum Gasteiger partial charge on any atom is -0.366 e. The molecule has 0 spiro atoms. The number of ether oxygens (including phenoxy) is 1. The molecule has 1 aliphatic heterocycles. The van der Waals surface area contributed by atoms with Crippen LogP contribution in [0.2, 0.25) is 0 Å². The maximum Gasteiger partial charge on any atom is 0.250 e. The van der Waals surface area contributed by atoms with Gasteiger partial charge in [-0.15, -0.1) is 0 Å². The summed E-state index contributed by atoms with van der Waals surface area (Å²) in [4.78, 5) is 12.0. The minimum atomic E-state index is -0.339. The molecule has 3 rings (SSSR count). The molecule has 19 heavy (non-hydrogen) atoms. The predicted octanol–water partition coefficient (Wildman–Crippen LogP) is -0.232. The molecule has 2 fully saturated rings. The van der Waals surface area contributed by atoms with Gasteiger partial charge in [0.25, 0.3) is 0 Å². The third-order valence-corrected chi connectivity index (χ3v) is 3.87. The molecule has 1 amide bonds. The number of hydrogen-bond acceptors (Lipinski definition) is 4. The van der Waals surface area contributed by atoms with Crippen molar-refractivity contribution in [2.45, 2.75) is 25.5 Å². The number of carbonyl (C=O) groups excluding carboxylic acids is 1. The summed E-state index contributed by atoms with van der Waals surface area (Å²) in [5.41, 5.74) is 0.198. The van der Waals surface area contributed by atoms with Crippen LogP contribution in [-0.4, -0.2) is 48.0 Å². The fraction of sp³-hybridized carbons (Fsp3) is 0.692. The minimum absolute atomic E-state index is 0.000981. The quantitative estimate of drug-likeness (QED) is 0.771. The molecule has 0 aromatic carbocycles. The maximum absolute atomic E-state index is 12.0. The Morgan fingerprint density at radius 1 is 1.58 bits per heavy atom. The Labute approximate surface area is 112 Å². The van der Waals surface area contributed by atoms with Crippen molar-refractivity contribution in [3.8, 4) is 0 Å². The van der Waals surface area contributed by atoms with Crippen LogP contribution in [0.4, 0.5) is 0 Å². The van der Waals surface area contributed by atoms with E-state index in [2.05, 4.69) is 15.7 Å². The molecule has 1 saturated carbocycles. The molecule has 1 atom stereocenters. The summed E-state index contributed by atoms with van der Waals surface area (Å²) < 4.78 is 7.38. The van der Waals surface area contributed by atoms with Gasteiger partial charge in [-0.3, -0.25) is 9.48 Å². The highest BCUT2D eigenvalue weighted by atomic mass is 16.5. The first-order valence-corrected chi connectivity index (χ1v) is 6.85. The maximum atomic E-state index is 12.0. The number of nitrogens with one attached hydrogen (secondary N) is 2. The summed E-state index contributed by atoms with van der Waals surface area (Å²) in [6.07, 6.45) is 5.72. The first-order chi connectivity index (χ1) is 9.27. The van der Waals surface area contributed by atoms with Gasteiger partial charge < -0.3 is 15.4 Å². The number of rotatable bonds is 5. The van der Waals surface area contributed by atoms with Gasteiger partial charge in [0.15, 0.2) is 0 Å². The smallest absolute Gasteiger partial charge is 0.250 e. The van der Waals surface area contributed by atoms with Crippen LogP contribution in [0.1, 0.15) is 12.8 Å². The van der Waals surface area contributed by atoms with Crippen molar-refractivity contribution in [3.05, 3.63) is 18.5 Å². The van der Waals surface area contributed by atoms with E-state index in [1.54, 1.807) is 6.20 Å². The Morgan fingerprint density at radius 3 is 3.11 bits per heavy atom. The summed E-state index contributed by atoms with van der Waals surface area (Å²) in [5, 5.41) is 10.4. The zero-order chi connectivity index (χ0) is 13.1. The van der Waals surface area contributed by atoms with E-state index in [4.69, 9.17) is 4.74 Å². The lowest BCUT2D eigenvalue weighted by Gasteiger charge is -2.24. The summed E-state index contributed by atoms with van der Waals surface area (Å²) in [7, 11) is 0. The average Bonchev–Trinajstić information content (AvgIpc) is 3.02. The monoisotopic (exact) mass is 264 g/mol. The van der Waals surface area contributed by atoms with E-state index in [-0.39, 0.29) is 17.4 Å². The Kier molecular flexibility index (Phi) is 3.52. The Morgan fingerprint density at radius 2 is 2.47 bits per heavy atom. The van der Waals surface area contributed by atoms with E-state index in [1.165, 1.54) is 0 Å². The van der Waals surface area contributed by atoms with Crippen LogP contribution in [0.5, 0.6) is 0 Å². The van der Waals surface area contributed by atoms with Crippen LogP contribution in [0.15, 0.2) is 18.5 Å². The van der Waals surface area contributed by atoms with Crippen molar-refractivity contribution in [2.24, 2.45) is 5.41 Å². The largest absolute Gasteiger partial charge is 0.366 e. The molecular weight excluding hydrogens is 244 g/mol. The predicted molar refractivity (Wildman–Crippen MR) is 69.5 cm³/mol. The summed E-state index contributed by atoms with van der Waals surface area (Å²) in [6.45, 7) is 3.64. The Bertz CT molecular complexity index is 422. The third kappa shape index (κ3) is 3.13. The molecule has 0 bridgehead atoms. The number of amides is 1. The lowest BCUT2D eigenvalue weighted by Crippen LogP contribution is -2.49. The number of hydrogen-bond donors (Lipinski definition) is 2. The Hall–Kier alpha value is -1.40. The number of aromatic nitrogens is 2. The second kappa shape index (κ2) is 5.30. The van der Waals surface area contributed by atoms with E-state index in [0.717, 1.165) is 25.9 Å². The van der Waals surface area contributed by atoms with Crippen molar-refractivity contribution in [1.82, 2.24) is 20.4 Å². The summed E-state index contributed by atoms with van der Waals surface area (Å²) >= 11 is 0. The van der Waals surface area contributed by atoms with Crippen molar-refractivity contribution >= 4 is 5.91 Å². The normalized spacial score (nSPS) is 24.9. The van der Waals surface area contributed by atoms with E-state index in [0.29, 0.717) is 19.7 Å². The first kappa shape index (κ1) is 12.6. The Balaban J connectivity index is 1.47. The molecule has 2 aliphatic rings. The molecular formula is C13H20N4O2. The lowest BCUT2D eigenvalue weighted by molar-refractivity contribution is -0.134. The molecule has 2 N–H and O–H groups in total. The van der Waals surface area contributed by atoms with Gasteiger partial charge in [0.1, 0.15) is 6.10 Å². The standard InChI is InChI=1S/C13H20N4O2/c18-12(11-8-14-5-7-19-11)15-9-13(2-3-13)10-17-6-1-4-16-17/h1,4,6,11,14H,2-3,5,7-10H2,(H,15,18). The SMILES string of the molecule is O=C(NCC1(Cn2cccn2)CC1)C1CNCCO1. The highest BCUT2D eigenvalue weighted by Gasteiger charge is 2.43. The van der Waals surface area contributed by atoms with Gasteiger partial charge in [0, 0.05) is 44.0 Å². The fourth-order valence-electron chi connectivity index (χ4n) is 2.43. The van der Waals surface area contributed by atoms with Gasteiger partial charge in [0.05, 0.1) is 6.61 Å². The molecule has 1 aromatic heterocycles. The van der Waals surface area contributed by atoms with Gasteiger partial charge in [0.2, 0.25) is 5.91 Å². The van der Waals surface area contributed by atoms with Crippen LogP contribution in [-0.2, 0) is 16.1 Å². The molecule has 1 aliphatic carbocycles. The number of nitrogens with zero attached hydrogens (tertiary/aromatic N) is 2. The summed E-state index contributed by atoms with van der Waals surface area (Å²) in [5.74, 6) is -0.000981. The van der Waals surface area contributed by atoms with Gasteiger partial charge >= 0.3 is 0 Å².